The number of anilines is 1. The first-order valence-corrected chi connectivity index (χ1v) is 9.52. The van der Waals surface area contributed by atoms with Gasteiger partial charge in [-0.25, -0.2) is 4.98 Å². The van der Waals surface area contributed by atoms with E-state index in [1.54, 1.807) is 20.8 Å². The fourth-order valence-corrected chi connectivity index (χ4v) is 3.09. The van der Waals surface area contributed by atoms with Crippen molar-refractivity contribution in [1.82, 2.24) is 4.98 Å². The summed E-state index contributed by atoms with van der Waals surface area (Å²) in [5.74, 6) is -1.05. The van der Waals surface area contributed by atoms with Crippen molar-refractivity contribution in [1.29, 1.82) is 0 Å². The van der Waals surface area contributed by atoms with Crippen molar-refractivity contribution in [3.63, 3.8) is 0 Å². The molecule has 0 fully saturated rings. The number of aromatic nitrogens is 1. The van der Waals surface area contributed by atoms with Crippen molar-refractivity contribution in [3.05, 3.63) is 47.0 Å². The quantitative estimate of drug-likeness (QED) is 0.522. The van der Waals surface area contributed by atoms with Crippen LogP contribution in [0, 0.1) is 5.92 Å². The minimum atomic E-state index is -0.612. The number of esters is 1. The molecule has 1 atom stereocenters. The summed E-state index contributed by atoms with van der Waals surface area (Å²) in [4.78, 5) is 40.2. The van der Waals surface area contributed by atoms with Crippen molar-refractivity contribution in [2.75, 3.05) is 11.9 Å². The molecule has 7 heteroatoms. The van der Waals surface area contributed by atoms with Gasteiger partial charge in [0.05, 0.1) is 23.5 Å². The summed E-state index contributed by atoms with van der Waals surface area (Å²) in [6.45, 7) is 5.46. The van der Waals surface area contributed by atoms with Gasteiger partial charge in [0, 0.05) is 6.42 Å². The van der Waals surface area contributed by atoms with E-state index in [0.29, 0.717) is 22.7 Å². The van der Waals surface area contributed by atoms with Crippen LogP contribution in [-0.4, -0.2) is 35.2 Å². The van der Waals surface area contributed by atoms with E-state index in [9.17, 15) is 14.4 Å². The lowest BCUT2D eigenvalue weighted by Crippen LogP contribution is -2.32. The zero-order valence-electron chi connectivity index (χ0n) is 15.7. The van der Waals surface area contributed by atoms with E-state index in [1.807, 2.05) is 30.3 Å². The third kappa shape index (κ3) is 7.30. The second-order valence-corrected chi connectivity index (χ2v) is 8.26. The maximum absolute atomic E-state index is 12.6. The van der Waals surface area contributed by atoms with Gasteiger partial charge in [0.2, 0.25) is 0 Å². The molecule has 1 heterocycles. The molecule has 0 amide bonds. The van der Waals surface area contributed by atoms with E-state index in [2.05, 4.69) is 10.3 Å². The Labute approximate surface area is 163 Å². The van der Waals surface area contributed by atoms with Gasteiger partial charge in [-0.3, -0.25) is 14.4 Å². The van der Waals surface area contributed by atoms with E-state index < -0.39 is 11.5 Å². The average Bonchev–Trinajstić information content (AvgIpc) is 3.07. The highest BCUT2D eigenvalue weighted by Gasteiger charge is 2.27. The molecule has 2 rings (SSSR count). The van der Waals surface area contributed by atoms with Crippen LogP contribution >= 0.6 is 11.3 Å². The van der Waals surface area contributed by atoms with E-state index in [4.69, 9.17) is 4.74 Å². The monoisotopic (exact) mass is 388 g/mol. The van der Waals surface area contributed by atoms with E-state index in [-0.39, 0.29) is 24.7 Å². The zero-order valence-corrected chi connectivity index (χ0v) is 16.5. The van der Waals surface area contributed by atoms with Crippen LogP contribution in [0.2, 0.25) is 0 Å². The van der Waals surface area contributed by atoms with Crippen LogP contribution in [0.15, 0.2) is 36.5 Å². The Hall–Kier alpha value is -2.54. The molecule has 0 unspecified atom stereocenters. The number of ketones is 1. The van der Waals surface area contributed by atoms with Gasteiger partial charge in [-0.2, -0.15) is 0 Å². The topological polar surface area (TPSA) is 85.4 Å². The third-order valence-electron chi connectivity index (χ3n) is 3.62. The maximum Gasteiger partial charge on any atom is 0.310 e. The summed E-state index contributed by atoms with van der Waals surface area (Å²) in [6, 6.07) is 9.56. The zero-order chi connectivity index (χ0) is 19.9. The number of aldehydes is 1. The molecule has 0 aliphatic heterocycles. The van der Waals surface area contributed by atoms with Gasteiger partial charge >= 0.3 is 5.97 Å². The van der Waals surface area contributed by atoms with Crippen molar-refractivity contribution in [2.24, 2.45) is 5.92 Å². The lowest BCUT2D eigenvalue weighted by Gasteiger charge is -2.24. The number of benzene rings is 1. The fraction of sp³-hybridized carbons (Fsp3) is 0.400. The van der Waals surface area contributed by atoms with Crippen LogP contribution in [-0.2, 0) is 20.7 Å². The first kappa shape index (κ1) is 20.8. The molecule has 0 saturated heterocycles. The Morgan fingerprint density at radius 2 is 1.96 bits per heavy atom. The van der Waals surface area contributed by atoms with Crippen molar-refractivity contribution in [2.45, 2.75) is 39.2 Å². The highest BCUT2D eigenvalue weighted by molar-refractivity contribution is 7.17. The first-order chi connectivity index (χ1) is 12.8. The van der Waals surface area contributed by atoms with Crippen LogP contribution in [0.4, 0.5) is 5.13 Å². The van der Waals surface area contributed by atoms with Gasteiger partial charge in [-0.15, -0.1) is 0 Å². The molecule has 27 heavy (non-hydrogen) atoms. The fourth-order valence-electron chi connectivity index (χ4n) is 2.47. The number of thiazole rings is 1. The number of ether oxygens (including phenoxy) is 1. The molecular weight excluding hydrogens is 364 g/mol. The van der Waals surface area contributed by atoms with Crippen molar-refractivity contribution < 1.29 is 19.1 Å². The van der Waals surface area contributed by atoms with Gasteiger partial charge in [0.25, 0.3) is 0 Å². The van der Waals surface area contributed by atoms with Gasteiger partial charge in [0.1, 0.15) is 5.60 Å². The molecule has 2 aromatic rings. The smallest absolute Gasteiger partial charge is 0.310 e. The van der Waals surface area contributed by atoms with E-state index >= 15 is 0 Å². The number of rotatable bonds is 9. The predicted octanol–water partition coefficient (Wildman–Crippen LogP) is 3.53. The Kier molecular flexibility index (Phi) is 7.24. The molecule has 0 saturated carbocycles. The molecule has 1 N–H and O–H groups in total. The van der Waals surface area contributed by atoms with Crippen LogP contribution in [0.1, 0.15) is 42.4 Å². The normalized spacial score (nSPS) is 12.3. The Morgan fingerprint density at radius 1 is 1.26 bits per heavy atom. The number of hydrogen-bond donors (Lipinski definition) is 1. The molecule has 0 aliphatic carbocycles. The summed E-state index contributed by atoms with van der Waals surface area (Å²) in [7, 11) is 0. The van der Waals surface area contributed by atoms with E-state index in [1.165, 1.54) is 17.5 Å². The first-order valence-electron chi connectivity index (χ1n) is 8.70. The van der Waals surface area contributed by atoms with Crippen LogP contribution in [0.5, 0.6) is 0 Å². The number of nitrogens with one attached hydrogen (secondary N) is 1. The number of Topliss-reactive ketones (excluding diaryl/α,β-unsaturated/α-hetero) is 1. The molecular formula is C20H24N2O4S. The summed E-state index contributed by atoms with van der Waals surface area (Å²) in [5.41, 5.74) is 0.365. The second kappa shape index (κ2) is 9.41. The van der Waals surface area contributed by atoms with Crippen LogP contribution < -0.4 is 5.32 Å². The number of carbonyl (C=O) groups excluding carboxylic acids is 3. The van der Waals surface area contributed by atoms with Gasteiger partial charge in [0.15, 0.2) is 17.2 Å². The number of carbonyl (C=O) groups is 3. The SMILES string of the molecule is CC(C)(C)OC(=O)[C@@H](CC(=O)CNc1ncc(C=O)s1)Cc1ccccc1. The molecule has 0 bridgehead atoms. The molecule has 0 spiro atoms. The summed E-state index contributed by atoms with van der Waals surface area (Å²) < 4.78 is 5.49. The van der Waals surface area contributed by atoms with Gasteiger partial charge in [-0.05, 0) is 32.8 Å². The van der Waals surface area contributed by atoms with E-state index in [0.717, 1.165) is 5.56 Å². The Balaban J connectivity index is 1.99. The van der Waals surface area contributed by atoms with Crippen molar-refractivity contribution >= 4 is 34.5 Å². The van der Waals surface area contributed by atoms with Gasteiger partial charge < -0.3 is 10.1 Å². The summed E-state index contributed by atoms with van der Waals surface area (Å²) in [5, 5.41) is 3.40. The molecule has 1 aromatic carbocycles. The standard InChI is InChI=1S/C20H24N2O4S/c1-20(2,3)26-18(25)15(9-14-7-5-4-6-8-14)10-16(24)11-21-19-22-12-17(13-23)27-19/h4-8,12-13,15H,9-11H2,1-3H3,(H,21,22)/t15-/m1/s1. The molecule has 144 valence electrons. The number of nitrogens with zero attached hydrogens (tertiary/aromatic N) is 1. The van der Waals surface area contributed by atoms with Crippen molar-refractivity contribution in [3.8, 4) is 0 Å². The minimum Gasteiger partial charge on any atom is -0.460 e. The minimum absolute atomic E-state index is 0.0416. The largest absolute Gasteiger partial charge is 0.460 e. The van der Waals surface area contributed by atoms with Crippen LogP contribution in [0.3, 0.4) is 0 Å². The van der Waals surface area contributed by atoms with Crippen LogP contribution in [0.25, 0.3) is 0 Å². The average molecular weight is 388 g/mol. The Morgan fingerprint density at radius 3 is 2.56 bits per heavy atom. The number of hydrogen-bond acceptors (Lipinski definition) is 7. The highest BCUT2D eigenvalue weighted by Crippen LogP contribution is 2.20. The molecule has 0 aliphatic rings. The third-order valence-corrected chi connectivity index (χ3v) is 4.50. The second-order valence-electron chi connectivity index (χ2n) is 7.20. The predicted molar refractivity (Wildman–Crippen MR) is 105 cm³/mol. The Bertz CT molecular complexity index is 781. The molecule has 6 nitrogen and oxygen atoms in total. The lowest BCUT2D eigenvalue weighted by molar-refractivity contribution is -0.161. The summed E-state index contributed by atoms with van der Waals surface area (Å²) in [6.07, 6.45) is 2.67. The molecule has 1 aromatic heterocycles. The molecule has 0 radical (unpaired) electrons. The van der Waals surface area contributed by atoms with Gasteiger partial charge in [-0.1, -0.05) is 41.7 Å². The lowest BCUT2D eigenvalue weighted by atomic mass is 9.94. The highest BCUT2D eigenvalue weighted by atomic mass is 32.1. The maximum atomic E-state index is 12.6. The summed E-state index contributed by atoms with van der Waals surface area (Å²) >= 11 is 1.18.